The molecule has 0 saturated carbocycles. The molecule has 0 heterocycles. The zero-order valence-corrected chi connectivity index (χ0v) is 12.9. The quantitative estimate of drug-likeness (QED) is 0.726. The molecule has 2 nitrogen and oxygen atoms in total. The third kappa shape index (κ3) is 6.63. The highest BCUT2D eigenvalue weighted by atomic mass is 16.5. The van der Waals surface area contributed by atoms with Crippen LogP contribution in [0.3, 0.4) is 0 Å². The van der Waals surface area contributed by atoms with E-state index in [1.165, 1.54) is 24.8 Å². The summed E-state index contributed by atoms with van der Waals surface area (Å²) in [5.74, 6) is 1.70. The maximum atomic E-state index is 5.18. The number of ether oxygens (including phenoxy) is 1. The van der Waals surface area contributed by atoms with Gasteiger partial charge in [-0.1, -0.05) is 26.0 Å². The van der Waals surface area contributed by atoms with Crippen molar-refractivity contribution < 1.29 is 4.74 Å². The Kier molecular flexibility index (Phi) is 7.57. The second-order valence-electron chi connectivity index (χ2n) is 5.58. The molecule has 0 aliphatic heterocycles. The number of hydrogen-bond acceptors (Lipinski definition) is 2. The summed E-state index contributed by atoms with van der Waals surface area (Å²) in [6, 6.07) is 9.07. The monoisotopic (exact) mass is 263 g/mol. The van der Waals surface area contributed by atoms with Gasteiger partial charge in [-0.3, -0.25) is 0 Å². The Balaban J connectivity index is 2.26. The molecule has 0 spiro atoms. The van der Waals surface area contributed by atoms with E-state index < -0.39 is 0 Å². The Labute approximate surface area is 118 Å². The maximum Gasteiger partial charge on any atom is 0.118 e. The lowest BCUT2D eigenvalue weighted by molar-refractivity contribution is 0.402. The Morgan fingerprint density at radius 1 is 1.16 bits per heavy atom. The van der Waals surface area contributed by atoms with Crippen LogP contribution in [0.2, 0.25) is 0 Å². The molecule has 19 heavy (non-hydrogen) atoms. The smallest absolute Gasteiger partial charge is 0.118 e. The summed E-state index contributed by atoms with van der Waals surface area (Å²) < 4.78 is 5.18. The highest BCUT2D eigenvalue weighted by Crippen LogP contribution is 2.17. The Morgan fingerprint density at radius 3 is 2.42 bits per heavy atom. The first-order valence-electron chi connectivity index (χ1n) is 7.52. The first kappa shape index (κ1) is 16.0. The van der Waals surface area contributed by atoms with E-state index in [4.69, 9.17) is 4.74 Å². The van der Waals surface area contributed by atoms with Crippen molar-refractivity contribution in [2.45, 2.75) is 52.5 Å². The van der Waals surface area contributed by atoms with Crippen molar-refractivity contribution in [3.8, 4) is 5.75 Å². The van der Waals surface area contributed by atoms with Crippen LogP contribution in [0.1, 0.15) is 45.6 Å². The average Bonchev–Trinajstić information content (AvgIpc) is 2.43. The van der Waals surface area contributed by atoms with Crippen LogP contribution in [0.5, 0.6) is 5.75 Å². The van der Waals surface area contributed by atoms with Gasteiger partial charge in [0, 0.05) is 6.04 Å². The maximum absolute atomic E-state index is 5.18. The standard InChI is InChI=1S/C17H29NO/c1-5-12-18-15(3)13-14(2)6-7-16-8-10-17(19-4)11-9-16/h8-11,14-15,18H,5-7,12-13H2,1-4H3. The molecule has 108 valence electrons. The Morgan fingerprint density at radius 2 is 1.84 bits per heavy atom. The van der Waals surface area contributed by atoms with Gasteiger partial charge in [0.05, 0.1) is 7.11 Å². The molecule has 0 aromatic heterocycles. The summed E-state index contributed by atoms with van der Waals surface area (Å²) in [6.45, 7) is 7.99. The number of nitrogens with one attached hydrogen (secondary N) is 1. The number of methoxy groups -OCH3 is 1. The molecule has 2 heteroatoms. The summed E-state index contributed by atoms with van der Waals surface area (Å²) in [4.78, 5) is 0. The van der Waals surface area contributed by atoms with E-state index in [2.05, 4.69) is 38.2 Å². The van der Waals surface area contributed by atoms with Crippen molar-refractivity contribution in [1.29, 1.82) is 0 Å². The minimum Gasteiger partial charge on any atom is -0.497 e. The first-order chi connectivity index (χ1) is 9.15. The van der Waals surface area contributed by atoms with E-state index in [0.29, 0.717) is 6.04 Å². The Hall–Kier alpha value is -1.02. The third-order valence-corrected chi connectivity index (χ3v) is 3.58. The van der Waals surface area contributed by atoms with Gasteiger partial charge in [0.25, 0.3) is 0 Å². The van der Waals surface area contributed by atoms with E-state index in [9.17, 15) is 0 Å². The third-order valence-electron chi connectivity index (χ3n) is 3.58. The van der Waals surface area contributed by atoms with Gasteiger partial charge in [-0.25, -0.2) is 0 Å². The largest absolute Gasteiger partial charge is 0.497 e. The first-order valence-corrected chi connectivity index (χ1v) is 7.52. The van der Waals surface area contributed by atoms with Gasteiger partial charge in [0.2, 0.25) is 0 Å². The molecule has 1 N–H and O–H groups in total. The van der Waals surface area contributed by atoms with E-state index >= 15 is 0 Å². The minimum atomic E-state index is 0.630. The van der Waals surface area contributed by atoms with E-state index in [1.54, 1.807) is 7.11 Å². The fourth-order valence-electron chi connectivity index (χ4n) is 2.40. The molecule has 0 radical (unpaired) electrons. The van der Waals surface area contributed by atoms with Gasteiger partial charge in [0.1, 0.15) is 5.75 Å². The highest BCUT2D eigenvalue weighted by molar-refractivity contribution is 5.27. The van der Waals surface area contributed by atoms with Crippen molar-refractivity contribution in [2.24, 2.45) is 5.92 Å². The van der Waals surface area contributed by atoms with Crippen LogP contribution >= 0.6 is 0 Å². The van der Waals surface area contributed by atoms with Crippen LogP contribution in [-0.4, -0.2) is 19.7 Å². The fourth-order valence-corrected chi connectivity index (χ4v) is 2.40. The van der Waals surface area contributed by atoms with Crippen LogP contribution < -0.4 is 10.1 Å². The molecule has 1 aromatic rings. The fraction of sp³-hybridized carbons (Fsp3) is 0.647. The number of aryl methyl sites for hydroxylation is 1. The van der Waals surface area contributed by atoms with Crippen molar-refractivity contribution in [1.82, 2.24) is 5.32 Å². The molecule has 0 fully saturated rings. The van der Waals surface area contributed by atoms with Crippen molar-refractivity contribution in [2.75, 3.05) is 13.7 Å². The van der Waals surface area contributed by atoms with Crippen LogP contribution in [-0.2, 0) is 6.42 Å². The van der Waals surface area contributed by atoms with Crippen molar-refractivity contribution in [3.63, 3.8) is 0 Å². The number of hydrogen-bond donors (Lipinski definition) is 1. The average molecular weight is 263 g/mol. The molecule has 2 atom stereocenters. The molecule has 1 aromatic carbocycles. The summed E-state index contributed by atoms with van der Waals surface area (Å²) in [5.41, 5.74) is 1.40. The molecule has 1 rings (SSSR count). The minimum absolute atomic E-state index is 0.630. The van der Waals surface area contributed by atoms with E-state index in [0.717, 1.165) is 24.6 Å². The van der Waals surface area contributed by atoms with E-state index in [-0.39, 0.29) is 0 Å². The second kappa shape index (κ2) is 8.98. The van der Waals surface area contributed by atoms with Gasteiger partial charge < -0.3 is 10.1 Å². The molecular weight excluding hydrogens is 234 g/mol. The van der Waals surface area contributed by atoms with Gasteiger partial charge in [-0.05, 0) is 62.8 Å². The van der Waals surface area contributed by atoms with Crippen LogP contribution in [0.4, 0.5) is 0 Å². The summed E-state index contributed by atoms with van der Waals surface area (Å²) in [7, 11) is 1.71. The predicted octanol–water partition coefficient (Wildman–Crippen LogP) is 4.04. The zero-order chi connectivity index (χ0) is 14.1. The lowest BCUT2D eigenvalue weighted by Gasteiger charge is -2.18. The molecule has 0 aliphatic carbocycles. The van der Waals surface area contributed by atoms with Gasteiger partial charge >= 0.3 is 0 Å². The second-order valence-corrected chi connectivity index (χ2v) is 5.58. The summed E-state index contributed by atoms with van der Waals surface area (Å²) in [5, 5.41) is 3.56. The molecule has 0 amide bonds. The molecule has 2 unspecified atom stereocenters. The number of rotatable bonds is 9. The topological polar surface area (TPSA) is 21.3 Å². The van der Waals surface area contributed by atoms with Crippen molar-refractivity contribution in [3.05, 3.63) is 29.8 Å². The van der Waals surface area contributed by atoms with Crippen LogP contribution in [0.25, 0.3) is 0 Å². The Bertz CT molecular complexity index is 334. The molecule has 0 aliphatic rings. The van der Waals surface area contributed by atoms with E-state index in [1.807, 2.05) is 12.1 Å². The number of benzene rings is 1. The van der Waals surface area contributed by atoms with Crippen LogP contribution in [0, 0.1) is 5.92 Å². The normalized spacial score (nSPS) is 14.1. The highest BCUT2D eigenvalue weighted by Gasteiger charge is 2.08. The SMILES string of the molecule is CCCNC(C)CC(C)CCc1ccc(OC)cc1. The summed E-state index contributed by atoms with van der Waals surface area (Å²) >= 11 is 0. The lowest BCUT2D eigenvalue weighted by atomic mass is 9.95. The van der Waals surface area contributed by atoms with Gasteiger partial charge in [-0.15, -0.1) is 0 Å². The molecule has 0 saturated heterocycles. The lowest BCUT2D eigenvalue weighted by Crippen LogP contribution is -2.28. The van der Waals surface area contributed by atoms with Gasteiger partial charge in [0.15, 0.2) is 0 Å². The van der Waals surface area contributed by atoms with Crippen LogP contribution in [0.15, 0.2) is 24.3 Å². The molecule has 0 bridgehead atoms. The van der Waals surface area contributed by atoms with Crippen molar-refractivity contribution >= 4 is 0 Å². The summed E-state index contributed by atoms with van der Waals surface area (Å²) in [6.07, 6.45) is 4.89. The zero-order valence-electron chi connectivity index (χ0n) is 12.9. The molecular formula is C17H29NO. The predicted molar refractivity (Wildman–Crippen MR) is 82.9 cm³/mol. The van der Waals surface area contributed by atoms with Gasteiger partial charge in [-0.2, -0.15) is 0 Å².